The van der Waals surface area contributed by atoms with E-state index in [0.717, 1.165) is 12.2 Å². The van der Waals surface area contributed by atoms with Crippen molar-refractivity contribution in [3.8, 4) is 0 Å². The number of unbranched alkanes of at least 4 members (excludes halogenated alkanes) is 7. The number of primary amides is 1. The lowest BCUT2D eigenvalue weighted by atomic mass is 10.1. The first kappa shape index (κ1) is 17.6. The lowest BCUT2D eigenvalue weighted by molar-refractivity contribution is -0.136. The Bertz CT molecular complexity index is 238. The standard InChI is InChI=1S/C12H24N2O2S2/c1-2-3-4-5-6-7-8-9-10-17-18-14-12(16)11(13)15/h2-10H2,1H3,(H2,13,15)(H,14,16). The molecule has 18 heavy (non-hydrogen) atoms. The zero-order valence-corrected chi connectivity index (χ0v) is 12.7. The normalized spacial score (nSPS) is 10.3. The number of amides is 2. The van der Waals surface area contributed by atoms with Crippen molar-refractivity contribution in [1.29, 1.82) is 0 Å². The van der Waals surface area contributed by atoms with Crippen LogP contribution in [-0.2, 0) is 9.59 Å². The molecule has 0 spiro atoms. The lowest BCUT2D eigenvalue weighted by Crippen LogP contribution is -2.31. The Labute approximate surface area is 118 Å². The average molecular weight is 292 g/mol. The molecule has 2 amide bonds. The fraction of sp³-hybridized carbons (Fsp3) is 0.833. The van der Waals surface area contributed by atoms with E-state index in [1.807, 2.05) is 0 Å². The van der Waals surface area contributed by atoms with Crippen molar-refractivity contribution in [1.82, 2.24) is 4.72 Å². The Balaban J connectivity index is 3.07. The van der Waals surface area contributed by atoms with Gasteiger partial charge in [-0.3, -0.25) is 14.3 Å². The van der Waals surface area contributed by atoms with Gasteiger partial charge in [0.2, 0.25) is 0 Å². The molecule has 0 atom stereocenters. The van der Waals surface area contributed by atoms with Gasteiger partial charge >= 0.3 is 11.8 Å². The Kier molecular flexibility index (Phi) is 12.8. The molecule has 0 heterocycles. The molecule has 0 rings (SSSR count). The van der Waals surface area contributed by atoms with E-state index >= 15 is 0 Å². The number of carbonyl (C=O) groups excluding carboxylic acids is 2. The summed E-state index contributed by atoms with van der Waals surface area (Å²) in [6.45, 7) is 2.23. The summed E-state index contributed by atoms with van der Waals surface area (Å²) in [7, 11) is 2.73. The van der Waals surface area contributed by atoms with E-state index in [0.29, 0.717) is 0 Å². The van der Waals surface area contributed by atoms with E-state index in [1.165, 1.54) is 55.9 Å². The van der Waals surface area contributed by atoms with Gasteiger partial charge in [0.05, 0.1) is 0 Å². The third-order valence-electron chi connectivity index (χ3n) is 2.50. The van der Waals surface area contributed by atoms with Crippen molar-refractivity contribution >= 4 is 33.6 Å². The smallest absolute Gasteiger partial charge is 0.319 e. The van der Waals surface area contributed by atoms with Gasteiger partial charge in [0, 0.05) is 16.7 Å². The van der Waals surface area contributed by atoms with Crippen LogP contribution in [0.4, 0.5) is 0 Å². The first-order valence-electron chi connectivity index (χ1n) is 6.56. The van der Waals surface area contributed by atoms with Crippen LogP contribution in [0.15, 0.2) is 0 Å². The predicted octanol–water partition coefficient (Wildman–Crippen LogP) is 3.03. The van der Waals surface area contributed by atoms with Gasteiger partial charge in [0.15, 0.2) is 0 Å². The molecule has 0 saturated heterocycles. The molecule has 0 unspecified atom stereocenters. The second kappa shape index (κ2) is 13.1. The van der Waals surface area contributed by atoms with Crippen LogP contribution < -0.4 is 10.5 Å². The van der Waals surface area contributed by atoms with E-state index < -0.39 is 11.8 Å². The van der Waals surface area contributed by atoms with Crippen LogP contribution in [0.3, 0.4) is 0 Å². The summed E-state index contributed by atoms with van der Waals surface area (Å²) in [5, 5.41) is 0. The molecular formula is C12H24N2O2S2. The van der Waals surface area contributed by atoms with Crippen molar-refractivity contribution in [3.05, 3.63) is 0 Å². The first-order chi connectivity index (χ1) is 8.68. The molecule has 106 valence electrons. The summed E-state index contributed by atoms with van der Waals surface area (Å²) >= 11 is 0. The molecule has 0 aromatic heterocycles. The summed E-state index contributed by atoms with van der Waals surface area (Å²) in [6, 6.07) is 0. The van der Waals surface area contributed by atoms with Gasteiger partial charge in [0.25, 0.3) is 0 Å². The van der Waals surface area contributed by atoms with E-state index in [-0.39, 0.29) is 0 Å². The van der Waals surface area contributed by atoms with E-state index in [4.69, 9.17) is 5.73 Å². The number of nitrogens with one attached hydrogen (secondary N) is 1. The second-order valence-electron chi connectivity index (χ2n) is 4.18. The number of hydrogen-bond donors (Lipinski definition) is 2. The van der Waals surface area contributed by atoms with Crippen molar-refractivity contribution in [2.45, 2.75) is 58.3 Å². The number of nitrogens with two attached hydrogens (primary N) is 1. The minimum Gasteiger partial charge on any atom is -0.361 e. The Morgan fingerprint density at radius 3 is 2.11 bits per heavy atom. The fourth-order valence-electron chi connectivity index (χ4n) is 1.45. The van der Waals surface area contributed by atoms with Crippen LogP contribution >= 0.6 is 21.8 Å². The highest BCUT2D eigenvalue weighted by molar-refractivity contribution is 8.76. The lowest BCUT2D eigenvalue weighted by Gasteiger charge is -2.02. The van der Waals surface area contributed by atoms with E-state index in [2.05, 4.69) is 11.6 Å². The number of rotatable bonds is 11. The monoisotopic (exact) mass is 292 g/mol. The molecule has 0 aliphatic heterocycles. The summed E-state index contributed by atoms with van der Waals surface area (Å²) in [6.07, 6.45) is 10.4. The van der Waals surface area contributed by atoms with Crippen molar-refractivity contribution < 1.29 is 9.59 Å². The van der Waals surface area contributed by atoms with Crippen molar-refractivity contribution in [2.75, 3.05) is 5.75 Å². The second-order valence-corrected chi connectivity index (χ2v) is 6.40. The molecule has 4 nitrogen and oxygen atoms in total. The summed E-state index contributed by atoms with van der Waals surface area (Å²) in [4.78, 5) is 21.2. The Morgan fingerprint density at radius 2 is 1.56 bits per heavy atom. The SMILES string of the molecule is CCCCCCCCCCSSNC(=O)C(N)=O. The van der Waals surface area contributed by atoms with Crippen LogP contribution in [0.1, 0.15) is 58.3 Å². The topological polar surface area (TPSA) is 72.2 Å². The Hall–Kier alpha value is -0.360. The van der Waals surface area contributed by atoms with Crippen LogP contribution in [0.25, 0.3) is 0 Å². The maximum absolute atomic E-state index is 10.8. The maximum atomic E-state index is 10.8. The molecule has 0 saturated carbocycles. The average Bonchev–Trinajstić information content (AvgIpc) is 2.35. The van der Waals surface area contributed by atoms with Crippen LogP contribution in [-0.4, -0.2) is 17.6 Å². The molecule has 0 aromatic carbocycles. The molecule has 0 radical (unpaired) electrons. The quantitative estimate of drug-likeness (QED) is 0.266. The van der Waals surface area contributed by atoms with Crippen LogP contribution in [0.5, 0.6) is 0 Å². The summed E-state index contributed by atoms with van der Waals surface area (Å²) in [5.74, 6) is -0.683. The zero-order chi connectivity index (χ0) is 13.6. The van der Waals surface area contributed by atoms with Crippen LogP contribution in [0, 0.1) is 0 Å². The molecule has 0 aliphatic rings. The van der Waals surface area contributed by atoms with Gasteiger partial charge in [-0.1, -0.05) is 62.7 Å². The minimum absolute atomic E-state index is 0.733. The highest BCUT2D eigenvalue weighted by Gasteiger charge is 2.06. The third-order valence-corrected chi connectivity index (χ3v) is 4.44. The van der Waals surface area contributed by atoms with Gasteiger partial charge in [-0.25, -0.2) is 0 Å². The molecule has 0 fully saturated rings. The largest absolute Gasteiger partial charge is 0.361 e. The zero-order valence-electron chi connectivity index (χ0n) is 11.1. The fourth-order valence-corrected chi connectivity index (χ4v) is 3.10. The summed E-state index contributed by atoms with van der Waals surface area (Å²) < 4.78 is 2.37. The van der Waals surface area contributed by atoms with Gasteiger partial charge in [0.1, 0.15) is 0 Å². The molecule has 3 N–H and O–H groups in total. The first-order valence-corrected chi connectivity index (χ1v) is 8.88. The van der Waals surface area contributed by atoms with Gasteiger partial charge in [-0.05, 0) is 6.42 Å². The molecule has 0 bridgehead atoms. The van der Waals surface area contributed by atoms with E-state index in [9.17, 15) is 9.59 Å². The van der Waals surface area contributed by atoms with Gasteiger partial charge in [-0.15, -0.1) is 0 Å². The van der Waals surface area contributed by atoms with Crippen molar-refractivity contribution in [3.63, 3.8) is 0 Å². The minimum atomic E-state index is -0.935. The summed E-state index contributed by atoms with van der Waals surface area (Å²) in [5.41, 5.74) is 4.79. The van der Waals surface area contributed by atoms with Gasteiger partial charge < -0.3 is 5.73 Å². The van der Waals surface area contributed by atoms with Gasteiger partial charge in [-0.2, -0.15) is 0 Å². The highest BCUT2D eigenvalue weighted by Crippen LogP contribution is 2.19. The molecule has 6 heteroatoms. The number of carbonyl (C=O) groups is 2. The molecule has 0 aliphatic carbocycles. The highest BCUT2D eigenvalue weighted by atomic mass is 33.1. The number of hydrogen-bond acceptors (Lipinski definition) is 4. The maximum Gasteiger partial charge on any atom is 0.319 e. The van der Waals surface area contributed by atoms with Crippen LogP contribution in [0.2, 0.25) is 0 Å². The molecule has 0 aromatic rings. The van der Waals surface area contributed by atoms with E-state index in [1.54, 1.807) is 10.8 Å². The van der Waals surface area contributed by atoms with Crippen molar-refractivity contribution in [2.24, 2.45) is 5.73 Å². The Morgan fingerprint density at radius 1 is 1.00 bits per heavy atom. The predicted molar refractivity (Wildman–Crippen MR) is 80.0 cm³/mol. The molecular weight excluding hydrogens is 268 g/mol. The third kappa shape index (κ3) is 12.1.